The fourth-order valence-electron chi connectivity index (χ4n) is 3.61. The number of nitrogens with zero attached hydrogens (tertiary/aromatic N) is 2. The van der Waals surface area contributed by atoms with E-state index in [9.17, 15) is 18.0 Å². The van der Waals surface area contributed by atoms with Crippen molar-refractivity contribution < 1.29 is 18.0 Å². The zero-order valence-electron chi connectivity index (χ0n) is 17.4. The summed E-state index contributed by atoms with van der Waals surface area (Å²) in [4.78, 5) is 15.7. The Morgan fingerprint density at radius 3 is 2.50 bits per heavy atom. The molecule has 2 aromatic carbocycles. The van der Waals surface area contributed by atoms with E-state index in [0.29, 0.717) is 23.0 Å². The molecule has 1 fully saturated rings. The standard InChI is InChI=1S/C22H24Cl2F3N3OS/c1-14-2-3-15(11-28)12-29(14)21(31)13-30(32-18-7-5-17(23)6-8-18)20-10-16(22(25,26)27)4-9-19(20)24/h4-10,14-15H,2-3,11-13,28H2,1H3. The molecule has 2 unspecified atom stereocenters. The number of carbonyl (C=O) groups is 1. The van der Waals surface area contributed by atoms with E-state index in [1.807, 2.05) is 6.92 Å². The van der Waals surface area contributed by atoms with Crippen molar-refractivity contribution in [2.75, 3.05) is 23.9 Å². The van der Waals surface area contributed by atoms with Crippen LogP contribution in [-0.4, -0.2) is 36.5 Å². The molecule has 0 radical (unpaired) electrons. The quantitative estimate of drug-likeness (QED) is 0.481. The van der Waals surface area contributed by atoms with Crippen LogP contribution in [0.3, 0.4) is 0 Å². The van der Waals surface area contributed by atoms with Crippen LogP contribution in [0.1, 0.15) is 25.3 Å². The molecule has 3 rings (SSSR count). The van der Waals surface area contributed by atoms with Gasteiger partial charge in [-0.15, -0.1) is 0 Å². The Labute approximate surface area is 200 Å². The number of carbonyl (C=O) groups excluding carboxylic acids is 1. The molecule has 0 saturated carbocycles. The van der Waals surface area contributed by atoms with Gasteiger partial charge < -0.3 is 14.9 Å². The summed E-state index contributed by atoms with van der Waals surface area (Å²) in [7, 11) is 0. The molecule has 174 valence electrons. The fraction of sp³-hybridized carbons (Fsp3) is 0.409. The smallest absolute Gasteiger partial charge is 0.338 e. The number of piperidine rings is 1. The second kappa shape index (κ2) is 10.5. The van der Waals surface area contributed by atoms with Gasteiger partial charge in [0.05, 0.1) is 16.3 Å². The van der Waals surface area contributed by atoms with Gasteiger partial charge in [0.1, 0.15) is 6.54 Å². The highest BCUT2D eigenvalue weighted by Gasteiger charge is 2.33. The minimum atomic E-state index is -4.53. The maximum Gasteiger partial charge on any atom is 0.416 e. The predicted octanol–water partition coefficient (Wildman–Crippen LogP) is 6.11. The van der Waals surface area contributed by atoms with Crippen molar-refractivity contribution in [3.63, 3.8) is 0 Å². The van der Waals surface area contributed by atoms with Gasteiger partial charge in [-0.3, -0.25) is 4.79 Å². The van der Waals surface area contributed by atoms with E-state index in [1.54, 1.807) is 29.2 Å². The molecule has 0 aromatic heterocycles. The van der Waals surface area contributed by atoms with Crippen LogP contribution >= 0.6 is 35.1 Å². The third-order valence-corrected chi connectivity index (χ3v) is 7.08. The average molecular weight is 506 g/mol. The highest BCUT2D eigenvalue weighted by molar-refractivity contribution is 8.00. The highest BCUT2D eigenvalue weighted by Crippen LogP contribution is 2.39. The topological polar surface area (TPSA) is 49.6 Å². The Morgan fingerprint density at radius 2 is 1.88 bits per heavy atom. The van der Waals surface area contributed by atoms with Gasteiger partial charge in [0.25, 0.3) is 0 Å². The van der Waals surface area contributed by atoms with E-state index in [4.69, 9.17) is 28.9 Å². The number of hydrogen-bond acceptors (Lipinski definition) is 4. The molecule has 1 amide bonds. The molecule has 32 heavy (non-hydrogen) atoms. The zero-order chi connectivity index (χ0) is 23.5. The van der Waals surface area contributed by atoms with Crippen LogP contribution in [-0.2, 0) is 11.0 Å². The first kappa shape index (κ1) is 25.0. The normalized spacial score (nSPS) is 19.2. The van der Waals surface area contributed by atoms with E-state index in [0.717, 1.165) is 36.9 Å². The van der Waals surface area contributed by atoms with Crippen LogP contribution in [0, 0.1) is 5.92 Å². The number of halogens is 5. The Bertz CT molecular complexity index is 943. The number of nitrogens with two attached hydrogens (primary N) is 1. The van der Waals surface area contributed by atoms with Gasteiger partial charge in [-0.1, -0.05) is 23.2 Å². The molecule has 2 atom stereocenters. The molecule has 4 nitrogen and oxygen atoms in total. The van der Waals surface area contributed by atoms with E-state index in [1.165, 1.54) is 10.4 Å². The van der Waals surface area contributed by atoms with Gasteiger partial charge in [0.15, 0.2) is 0 Å². The summed E-state index contributed by atoms with van der Waals surface area (Å²) >= 11 is 13.4. The molecule has 2 aromatic rings. The molecule has 1 saturated heterocycles. The molecule has 0 aliphatic carbocycles. The summed E-state index contributed by atoms with van der Waals surface area (Å²) in [5.74, 6) is 0.0234. The second-order valence-corrected chi connectivity index (χ2v) is 9.76. The highest BCUT2D eigenvalue weighted by atomic mass is 35.5. The SMILES string of the molecule is CC1CCC(CN)CN1C(=O)CN(Sc1ccc(Cl)cc1)c1cc(C(F)(F)F)ccc1Cl. The molecule has 1 aliphatic rings. The lowest BCUT2D eigenvalue weighted by atomic mass is 9.93. The summed E-state index contributed by atoms with van der Waals surface area (Å²) in [6.07, 6.45) is -2.75. The number of hydrogen-bond donors (Lipinski definition) is 1. The molecule has 1 heterocycles. The largest absolute Gasteiger partial charge is 0.416 e. The first-order chi connectivity index (χ1) is 15.1. The molecule has 2 N–H and O–H groups in total. The maximum atomic E-state index is 13.4. The monoisotopic (exact) mass is 505 g/mol. The Balaban J connectivity index is 1.92. The number of alkyl halides is 3. The van der Waals surface area contributed by atoms with Crippen LogP contribution in [0.2, 0.25) is 10.0 Å². The summed E-state index contributed by atoms with van der Waals surface area (Å²) in [6.45, 7) is 2.85. The van der Waals surface area contributed by atoms with Crippen LogP contribution in [0.15, 0.2) is 47.4 Å². The van der Waals surface area contributed by atoms with Crippen LogP contribution in [0.5, 0.6) is 0 Å². The minimum Gasteiger partial charge on any atom is -0.338 e. The second-order valence-electron chi connectivity index (χ2n) is 7.82. The van der Waals surface area contributed by atoms with E-state index < -0.39 is 11.7 Å². The number of rotatable bonds is 6. The van der Waals surface area contributed by atoms with Gasteiger partial charge in [-0.05, 0) is 86.6 Å². The maximum absolute atomic E-state index is 13.4. The Kier molecular flexibility index (Phi) is 8.25. The van der Waals surface area contributed by atoms with Crippen molar-refractivity contribution >= 4 is 46.7 Å². The minimum absolute atomic E-state index is 0.0321. The number of likely N-dealkylation sites (tertiary alicyclic amines) is 1. The van der Waals surface area contributed by atoms with Gasteiger partial charge >= 0.3 is 6.18 Å². The lowest BCUT2D eigenvalue weighted by Crippen LogP contribution is -2.49. The molecule has 0 spiro atoms. The van der Waals surface area contributed by atoms with E-state index in [2.05, 4.69) is 0 Å². The predicted molar refractivity (Wildman–Crippen MR) is 124 cm³/mol. The van der Waals surface area contributed by atoms with Crippen LogP contribution < -0.4 is 10.0 Å². The van der Waals surface area contributed by atoms with Gasteiger partial charge in [0, 0.05) is 22.5 Å². The van der Waals surface area contributed by atoms with Crippen molar-refractivity contribution in [1.82, 2.24) is 4.90 Å². The van der Waals surface area contributed by atoms with Crippen molar-refractivity contribution in [3.05, 3.63) is 58.1 Å². The summed E-state index contributed by atoms with van der Waals surface area (Å²) in [5, 5.41) is 0.655. The molecule has 10 heteroatoms. The molecule has 1 aliphatic heterocycles. The van der Waals surface area contributed by atoms with Crippen LogP contribution in [0.4, 0.5) is 18.9 Å². The third-order valence-electron chi connectivity index (χ3n) is 5.48. The van der Waals surface area contributed by atoms with Crippen molar-refractivity contribution in [2.24, 2.45) is 11.7 Å². The third kappa shape index (κ3) is 6.25. The van der Waals surface area contributed by atoms with Gasteiger partial charge in [0.2, 0.25) is 5.91 Å². The lowest BCUT2D eigenvalue weighted by Gasteiger charge is -2.39. The van der Waals surface area contributed by atoms with E-state index >= 15 is 0 Å². The fourth-order valence-corrected chi connectivity index (χ4v) is 4.94. The van der Waals surface area contributed by atoms with Crippen LogP contribution in [0.25, 0.3) is 0 Å². The first-order valence-corrected chi connectivity index (χ1v) is 11.7. The summed E-state index contributed by atoms with van der Waals surface area (Å²) in [6, 6.07) is 9.96. The lowest BCUT2D eigenvalue weighted by molar-refractivity contribution is -0.137. The number of benzene rings is 2. The number of anilines is 1. The number of amides is 1. The Hall–Kier alpha value is -1.61. The average Bonchev–Trinajstić information content (AvgIpc) is 2.74. The zero-order valence-corrected chi connectivity index (χ0v) is 19.7. The molecule has 0 bridgehead atoms. The molecular formula is C22H24Cl2F3N3OS. The molecular weight excluding hydrogens is 482 g/mol. The first-order valence-electron chi connectivity index (χ1n) is 10.2. The summed E-state index contributed by atoms with van der Waals surface area (Å²) in [5.41, 5.74) is 5.10. The van der Waals surface area contributed by atoms with Crippen molar-refractivity contribution in [3.8, 4) is 0 Å². The van der Waals surface area contributed by atoms with Crippen molar-refractivity contribution in [1.29, 1.82) is 0 Å². The van der Waals surface area contributed by atoms with Gasteiger partial charge in [-0.25, -0.2) is 0 Å². The Morgan fingerprint density at radius 1 is 1.19 bits per heavy atom. The summed E-state index contributed by atoms with van der Waals surface area (Å²) < 4.78 is 41.6. The van der Waals surface area contributed by atoms with Crippen molar-refractivity contribution in [2.45, 2.75) is 36.9 Å². The van der Waals surface area contributed by atoms with Gasteiger partial charge in [-0.2, -0.15) is 13.2 Å². The van der Waals surface area contributed by atoms with E-state index in [-0.39, 0.29) is 35.1 Å².